The molecule has 1 amide bonds. The monoisotopic (exact) mass is 564 g/mol. The van der Waals surface area contributed by atoms with Crippen LogP contribution in [0.2, 0.25) is 0 Å². The zero-order chi connectivity index (χ0) is 28.9. The van der Waals surface area contributed by atoms with Crippen molar-refractivity contribution in [3.8, 4) is 17.1 Å². The standard InChI is InChI=1S/C29H23F3N4O5/c1-2-40-28(39)25-22-11-13-34(27(38)26(22)36(33-25)21-8-9-23-17(15-21)12-14-41-23)19-4-6-20(7-5-19)35-16-18(29(30,31)32)3-10-24(35)37/h3-10,15-16H,2,11-14H2,1H3. The average molecular weight is 565 g/mol. The molecule has 6 rings (SSSR count). The predicted molar refractivity (Wildman–Crippen MR) is 141 cm³/mol. The van der Waals surface area contributed by atoms with Crippen LogP contribution >= 0.6 is 0 Å². The normalized spacial score (nSPS) is 14.4. The molecule has 0 bridgehead atoms. The maximum Gasteiger partial charge on any atom is 0.417 e. The minimum absolute atomic E-state index is 0.0749. The van der Waals surface area contributed by atoms with Crippen LogP contribution < -0.4 is 15.2 Å². The second-order valence-electron chi connectivity index (χ2n) is 9.55. The van der Waals surface area contributed by atoms with Crippen molar-refractivity contribution in [2.75, 3.05) is 24.7 Å². The topological polar surface area (TPSA) is 95.7 Å². The van der Waals surface area contributed by atoms with Crippen LogP contribution in [-0.2, 0) is 23.8 Å². The summed E-state index contributed by atoms with van der Waals surface area (Å²) in [5.74, 6) is -0.271. The van der Waals surface area contributed by atoms with Gasteiger partial charge in [0.25, 0.3) is 11.5 Å². The highest BCUT2D eigenvalue weighted by Crippen LogP contribution is 2.33. The average Bonchev–Trinajstić information content (AvgIpc) is 3.58. The van der Waals surface area contributed by atoms with Crippen LogP contribution in [-0.4, -0.2) is 46.0 Å². The second kappa shape index (κ2) is 9.95. The van der Waals surface area contributed by atoms with E-state index in [1.807, 2.05) is 6.07 Å². The van der Waals surface area contributed by atoms with Gasteiger partial charge in [0.05, 0.1) is 24.5 Å². The summed E-state index contributed by atoms with van der Waals surface area (Å²) in [4.78, 5) is 40.5. The first kappa shape index (κ1) is 26.4. The number of amides is 1. The summed E-state index contributed by atoms with van der Waals surface area (Å²) in [6.45, 7) is 2.62. The highest BCUT2D eigenvalue weighted by molar-refractivity contribution is 6.09. The number of halogens is 3. The lowest BCUT2D eigenvalue weighted by molar-refractivity contribution is -0.138. The maximum absolute atomic E-state index is 13.9. The van der Waals surface area contributed by atoms with Gasteiger partial charge in [-0.3, -0.25) is 14.2 Å². The molecule has 0 N–H and O–H groups in total. The fraction of sp³-hybridized carbons (Fsp3) is 0.241. The van der Waals surface area contributed by atoms with Gasteiger partial charge < -0.3 is 14.4 Å². The van der Waals surface area contributed by atoms with Crippen LogP contribution in [0.25, 0.3) is 11.4 Å². The third-order valence-electron chi connectivity index (χ3n) is 7.08. The van der Waals surface area contributed by atoms with Crippen LogP contribution in [0.5, 0.6) is 5.75 Å². The molecule has 2 aliphatic heterocycles. The number of anilines is 1. The van der Waals surface area contributed by atoms with E-state index in [2.05, 4.69) is 5.10 Å². The molecular formula is C29H23F3N4O5. The molecule has 0 unspecified atom stereocenters. The molecular weight excluding hydrogens is 541 g/mol. The summed E-state index contributed by atoms with van der Waals surface area (Å²) in [6, 6.07) is 13.1. The van der Waals surface area contributed by atoms with Gasteiger partial charge in [-0.2, -0.15) is 18.3 Å². The van der Waals surface area contributed by atoms with Crippen molar-refractivity contribution in [1.29, 1.82) is 0 Å². The molecule has 2 aromatic carbocycles. The molecule has 4 aromatic rings. The number of carbonyl (C=O) groups excluding carboxylic acids is 2. The van der Waals surface area contributed by atoms with E-state index in [1.54, 1.807) is 31.2 Å². The molecule has 0 radical (unpaired) electrons. The number of carbonyl (C=O) groups is 2. The number of pyridine rings is 1. The van der Waals surface area contributed by atoms with Gasteiger partial charge in [0, 0.05) is 42.2 Å². The van der Waals surface area contributed by atoms with E-state index in [0.29, 0.717) is 36.4 Å². The molecule has 0 saturated carbocycles. The van der Waals surface area contributed by atoms with Gasteiger partial charge in [0.2, 0.25) is 0 Å². The number of benzene rings is 2. The molecule has 0 atom stereocenters. The van der Waals surface area contributed by atoms with E-state index < -0.39 is 29.2 Å². The summed E-state index contributed by atoms with van der Waals surface area (Å²) in [6.07, 6.45) is -2.84. The molecule has 210 valence electrons. The maximum atomic E-state index is 13.9. The van der Waals surface area contributed by atoms with Crippen molar-refractivity contribution in [2.45, 2.75) is 25.9 Å². The number of aromatic nitrogens is 3. The van der Waals surface area contributed by atoms with E-state index in [9.17, 15) is 27.6 Å². The van der Waals surface area contributed by atoms with E-state index in [4.69, 9.17) is 9.47 Å². The molecule has 9 nitrogen and oxygen atoms in total. The number of fused-ring (bicyclic) bond motifs is 2. The molecule has 0 saturated heterocycles. The number of ether oxygens (including phenoxy) is 2. The van der Waals surface area contributed by atoms with Crippen molar-refractivity contribution in [1.82, 2.24) is 14.3 Å². The number of esters is 1. The predicted octanol–water partition coefficient (Wildman–Crippen LogP) is 4.36. The van der Waals surface area contributed by atoms with E-state index >= 15 is 0 Å². The van der Waals surface area contributed by atoms with Gasteiger partial charge in [-0.25, -0.2) is 9.48 Å². The summed E-state index contributed by atoms with van der Waals surface area (Å²) < 4.78 is 52.7. The Hall–Kier alpha value is -4.87. The zero-order valence-electron chi connectivity index (χ0n) is 21.8. The summed E-state index contributed by atoms with van der Waals surface area (Å²) in [7, 11) is 0. The SMILES string of the molecule is CCOC(=O)c1nn(-c2ccc3c(c2)CCO3)c2c1CCN(c1ccc(-n3cc(C(F)(F)F)ccc3=O)cc1)C2=O. The Morgan fingerprint density at radius 1 is 1.00 bits per heavy atom. The van der Waals surface area contributed by atoms with Gasteiger partial charge in [-0.05, 0) is 67.4 Å². The first-order valence-electron chi connectivity index (χ1n) is 12.9. The molecule has 2 aliphatic rings. The molecule has 2 aromatic heterocycles. The van der Waals surface area contributed by atoms with Crippen molar-refractivity contribution >= 4 is 17.6 Å². The summed E-state index contributed by atoms with van der Waals surface area (Å²) in [5.41, 5.74) is 1.43. The molecule has 12 heteroatoms. The van der Waals surface area contributed by atoms with Crippen molar-refractivity contribution in [2.24, 2.45) is 0 Å². The molecule has 4 heterocycles. The first-order valence-corrected chi connectivity index (χ1v) is 12.9. The minimum Gasteiger partial charge on any atom is -0.493 e. The number of rotatable bonds is 5. The Labute approximate surface area is 231 Å². The first-order chi connectivity index (χ1) is 19.7. The lowest BCUT2D eigenvalue weighted by Gasteiger charge is -2.28. The second-order valence-corrected chi connectivity index (χ2v) is 9.55. The largest absolute Gasteiger partial charge is 0.493 e. The Kier molecular flexibility index (Phi) is 6.40. The van der Waals surface area contributed by atoms with Crippen molar-refractivity contribution in [3.05, 3.63) is 99.2 Å². The smallest absolute Gasteiger partial charge is 0.417 e. The van der Waals surface area contributed by atoms with Crippen LogP contribution in [0.4, 0.5) is 18.9 Å². The number of nitrogens with zero attached hydrogens (tertiary/aromatic N) is 4. The fourth-order valence-corrected chi connectivity index (χ4v) is 5.11. The molecule has 0 spiro atoms. The molecule has 41 heavy (non-hydrogen) atoms. The van der Waals surface area contributed by atoms with Gasteiger partial charge in [-0.1, -0.05) is 0 Å². The summed E-state index contributed by atoms with van der Waals surface area (Å²) >= 11 is 0. The fourth-order valence-electron chi connectivity index (χ4n) is 5.11. The van der Waals surface area contributed by atoms with Gasteiger partial charge in [-0.15, -0.1) is 0 Å². The van der Waals surface area contributed by atoms with E-state index in [-0.39, 0.29) is 30.2 Å². The zero-order valence-corrected chi connectivity index (χ0v) is 21.8. The highest BCUT2D eigenvalue weighted by atomic mass is 19.4. The minimum atomic E-state index is -4.61. The molecule has 0 aliphatic carbocycles. The number of hydrogen-bond acceptors (Lipinski definition) is 6. The Morgan fingerprint density at radius 2 is 1.73 bits per heavy atom. The van der Waals surface area contributed by atoms with Crippen LogP contribution in [0, 0.1) is 0 Å². The van der Waals surface area contributed by atoms with Gasteiger partial charge in [0.15, 0.2) is 5.69 Å². The third kappa shape index (κ3) is 4.64. The number of alkyl halides is 3. The van der Waals surface area contributed by atoms with Crippen LogP contribution in [0.3, 0.4) is 0 Å². The molecule has 0 fully saturated rings. The van der Waals surface area contributed by atoms with Gasteiger partial charge in [0.1, 0.15) is 11.4 Å². The van der Waals surface area contributed by atoms with Crippen molar-refractivity contribution in [3.63, 3.8) is 0 Å². The third-order valence-corrected chi connectivity index (χ3v) is 7.08. The van der Waals surface area contributed by atoms with E-state index in [1.165, 1.54) is 21.7 Å². The van der Waals surface area contributed by atoms with Gasteiger partial charge >= 0.3 is 12.1 Å². The Morgan fingerprint density at radius 3 is 2.46 bits per heavy atom. The van der Waals surface area contributed by atoms with Crippen LogP contribution in [0.15, 0.2) is 65.6 Å². The quantitative estimate of drug-likeness (QED) is 0.335. The Bertz CT molecular complexity index is 1740. The Balaban J connectivity index is 1.37. The summed E-state index contributed by atoms with van der Waals surface area (Å²) in [5, 5.41) is 4.50. The van der Waals surface area contributed by atoms with Crippen LogP contribution in [0.1, 0.15) is 44.6 Å². The van der Waals surface area contributed by atoms with E-state index in [0.717, 1.165) is 34.2 Å². The lowest BCUT2D eigenvalue weighted by atomic mass is 10.0. The number of hydrogen-bond donors (Lipinski definition) is 0. The highest BCUT2D eigenvalue weighted by Gasteiger charge is 2.36. The van der Waals surface area contributed by atoms with Crippen molar-refractivity contribution < 1.29 is 32.2 Å². The lowest BCUT2D eigenvalue weighted by Crippen LogP contribution is -2.39.